The van der Waals surface area contributed by atoms with Gasteiger partial charge in [0.2, 0.25) is 0 Å². The van der Waals surface area contributed by atoms with Crippen LogP contribution in [0, 0.1) is 0 Å². The maximum atomic E-state index is 4.55. The molecule has 5 rings (SSSR count). The summed E-state index contributed by atoms with van der Waals surface area (Å²) in [4.78, 5) is 0. The van der Waals surface area contributed by atoms with Gasteiger partial charge in [-0.15, -0.1) is 0 Å². The van der Waals surface area contributed by atoms with Crippen LogP contribution in [0.5, 0.6) is 0 Å². The Morgan fingerprint density at radius 2 is 0.714 bits per heavy atom. The molecule has 0 amide bonds. The zero-order valence-electron chi connectivity index (χ0n) is 19.4. The van der Waals surface area contributed by atoms with Gasteiger partial charge in [-0.3, -0.25) is 0 Å². The zero-order valence-corrected chi connectivity index (χ0v) is 22.7. The van der Waals surface area contributed by atoms with Gasteiger partial charge in [-0.25, -0.2) is 0 Å². The van der Waals surface area contributed by atoms with Gasteiger partial charge in [0.1, 0.15) is 0 Å². The van der Waals surface area contributed by atoms with Gasteiger partial charge in [0.15, 0.2) is 0 Å². The fourth-order valence-corrected chi connectivity index (χ4v) is 14.5. The Balaban J connectivity index is 1.81. The number of hydrogen-bond donors (Lipinski definition) is 0. The fourth-order valence-electron chi connectivity index (χ4n) is 4.55. The second-order valence-corrected chi connectivity index (χ2v) is 18.9. The van der Waals surface area contributed by atoms with Crippen LogP contribution < -0.4 is 26.5 Å². The van der Waals surface area contributed by atoms with E-state index < -0.39 is 13.2 Å². The second kappa shape index (κ2) is 10.4. The SMILES string of the molecule is BrP(/C=C/P(c1ccccc1)c1ccccc1)(c1ccccc1)(c1ccccc1)c1ccccc1. The summed E-state index contributed by atoms with van der Waals surface area (Å²) in [5.41, 5.74) is 0. The van der Waals surface area contributed by atoms with Gasteiger partial charge >= 0.3 is 219 Å². The molecule has 3 heteroatoms. The fraction of sp³-hybridized carbons (Fsp3) is 0. The van der Waals surface area contributed by atoms with Crippen molar-refractivity contribution in [1.29, 1.82) is 0 Å². The van der Waals surface area contributed by atoms with E-state index in [9.17, 15) is 0 Å². The number of rotatable bonds is 7. The van der Waals surface area contributed by atoms with E-state index in [-0.39, 0.29) is 0 Å². The maximum absolute atomic E-state index is 4.55. The summed E-state index contributed by atoms with van der Waals surface area (Å²) < 4.78 is 0. The van der Waals surface area contributed by atoms with Gasteiger partial charge in [-0.05, 0) is 0 Å². The summed E-state index contributed by atoms with van der Waals surface area (Å²) in [6, 6.07) is 54.5. The Kier molecular flexibility index (Phi) is 7.12. The van der Waals surface area contributed by atoms with Crippen LogP contribution in [0.1, 0.15) is 0 Å². The molecule has 0 aliphatic carbocycles. The Labute approximate surface area is 217 Å². The van der Waals surface area contributed by atoms with Crippen molar-refractivity contribution < 1.29 is 0 Å². The molecule has 0 N–H and O–H groups in total. The van der Waals surface area contributed by atoms with Crippen molar-refractivity contribution in [3.63, 3.8) is 0 Å². The standard InChI is InChI=1S/C32H27BrP2/c33-35(30-20-10-3-11-21-30,31-22-12-4-13-23-31,32-24-14-5-15-25-32)27-26-34(28-16-6-1-7-17-28)29-18-8-2-9-19-29/h1-27H/b27-26+. The van der Waals surface area contributed by atoms with Crippen molar-refractivity contribution in [2.75, 3.05) is 0 Å². The van der Waals surface area contributed by atoms with E-state index in [1.165, 1.54) is 26.5 Å². The van der Waals surface area contributed by atoms with E-state index in [2.05, 4.69) is 179 Å². The molecule has 5 aromatic rings. The molecular weight excluding hydrogens is 526 g/mol. The molecule has 0 bridgehead atoms. The van der Waals surface area contributed by atoms with E-state index >= 15 is 0 Å². The van der Waals surface area contributed by atoms with Crippen molar-refractivity contribution in [2.24, 2.45) is 0 Å². The summed E-state index contributed by atoms with van der Waals surface area (Å²) in [6.07, 6.45) is 0. The third-order valence-corrected chi connectivity index (χ3v) is 17.8. The molecule has 0 aliphatic heterocycles. The van der Waals surface area contributed by atoms with Crippen molar-refractivity contribution in [2.45, 2.75) is 0 Å². The molecule has 35 heavy (non-hydrogen) atoms. The van der Waals surface area contributed by atoms with Crippen LogP contribution in [0.2, 0.25) is 0 Å². The average Bonchev–Trinajstić information content (AvgIpc) is 2.96. The van der Waals surface area contributed by atoms with Crippen LogP contribution in [0.15, 0.2) is 163 Å². The average molecular weight is 553 g/mol. The molecule has 172 valence electrons. The quantitative estimate of drug-likeness (QED) is 0.184. The van der Waals surface area contributed by atoms with E-state index in [0.717, 1.165) is 0 Å². The first-order chi connectivity index (χ1) is 17.2. The molecule has 0 radical (unpaired) electrons. The van der Waals surface area contributed by atoms with E-state index in [0.29, 0.717) is 0 Å². The molecule has 0 unspecified atom stereocenters. The topological polar surface area (TPSA) is 0 Å². The third-order valence-electron chi connectivity index (χ3n) is 6.35. The molecule has 0 saturated carbocycles. The number of halogens is 1. The second-order valence-electron chi connectivity index (χ2n) is 8.42. The minimum absolute atomic E-state index is 0.696. The molecule has 0 spiro atoms. The molecule has 0 heterocycles. The zero-order chi connectivity index (χ0) is 24.0. The Morgan fingerprint density at radius 1 is 0.429 bits per heavy atom. The molecule has 0 fully saturated rings. The van der Waals surface area contributed by atoms with Crippen LogP contribution >= 0.6 is 28.7 Å². The van der Waals surface area contributed by atoms with Gasteiger partial charge in [0.25, 0.3) is 0 Å². The van der Waals surface area contributed by atoms with Crippen molar-refractivity contribution in [3.8, 4) is 0 Å². The minimum atomic E-state index is -3.13. The van der Waals surface area contributed by atoms with Crippen molar-refractivity contribution in [1.82, 2.24) is 0 Å². The van der Waals surface area contributed by atoms with Gasteiger partial charge in [-0.1, -0.05) is 0 Å². The van der Waals surface area contributed by atoms with E-state index in [4.69, 9.17) is 0 Å². The van der Waals surface area contributed by atoms with Gasteiger partial charge < -0.3 is 0 Å². The normalized spacial score (nSPS) is 12.9. The molecular formula is C32H27BrP2. The van der Waals surface area contributed by atoms with E-state index in [1.54, 1.807) is 0 Å². The first-order valence-electron chi connectivity index (χ1n) is 11.7. The molecule has 0 atom stereocenters. The molecule has 0 nitrogen and oxygen atoms in total. The predicted octanol–water partition coefficient (Wildman–Crippen LogP) is 7.43. The van der Waals surface area contributed by atoms with E-state index in [1.807, 2.05) is 0 Å². The van der Waals surface area contributed by atoms with Crippen LogP contribution in [-0.4, -0.2) is 0 Å². The summed E-state index contributed by atoms with van der Waals surface area (Å²) >= 11 is 4.55. The summed E-state index contributed by atoms with van der Waals surface area (Å²) in [7, 11) is -0.696. The van der Waals surface area contributed by atoms with Gasteiger partial charge in [-0.2, -0.15) is 0 Å². The van der Waals surface area contributed by atoms with Crippen LogP contribution in [0.25, 0.3) is 0 Å². The van der Waals surface area contributed by atoms with Crippen LogP contribution in [0.3, 0.4) is 0 Å². The molecule has 0 aromatic heterocycles. The summed E-state index contributed by atoms with van der Waals surface area (Å²) in [5.74, 6) is 4.98. The van der Waals surface area contributed by atoms with Crippen molar-refractivity contribution >= 4 is 55.2 Å². The number of hydrogen-bond acceptors (Lipinski definition) is 0. The number of benzene rings is 5. The monoisotopic (exact) mass is 552 g/mol. The Morgan fingerprint density at radius 3 is 1.03 bits per heavy atom. The Bertz CT molecular complexity index is 1250. The van der Waals surface area contributed by atoms with Crippen LogP contribution in [0.4, 0.5) is 0 Å². The third kappa shape index (κ3) is 4.57. The first kappa shape index (κ1) is 23.9. The molecule has 0 saturated heterocycles. The molecule has 0 aliphatic rings. The first-order valence-corrected chi connectivity index (χ1v) is 17.4. The molecule has 5 aromatic carbocycles. The van der Waals surface area contributed by atoms with Gasteiger partial charge in [0, 0.05) is 0 Å². The summed E-state index contributed by atoms with van der Waals surface area (Å²) in [5, 5.41) is 3.45. The predicted molar refractivity (Wildman–Crippen MR) is 162 cm³/mol. The Hall–Kier alpha value is -2.82. The van der Waals surface area contributed by atoms with Gasteiger partial charge in [0.05, 0.1) is 0 Å². The van der Waals surface area contributed by atoms with Crippen LogP contribution in [-0.2, 0) is 0 Å². The summed E-state index contributed by atoms with van der Waals surface area (Å²) in [6.45, 7) is 0. The van der Waals surface area contributed by atoms with Crippen molar-refractivity contribution in [3.05, 3.63) is 163 Å².